The van der Waals surface area contributed by atoms with Crippen molar-refractivity contribution in [1.29, 1.82) is 0 Å². The first-order valence-corrected chi connectivity index (χ1v) is 10.7. The average Bonchev–Trinajstić information content (AvgIpc) is 2.74. The number of primary amides is 1. The Balaban J connectivity index is 2.93. The molecule has 0 aliphatic heterocycles. The number of carboxylic acids is 1. The molecule has 0 saturated heterocycles. The van der Waals surface area contributed by atoms with Crippen LogP contribution in [0.1, 0.15) is 32.8 Å². The van der Waals surface area contributed by atoms with E-state index in [0.29, 0.717) is 0 Å². The maximum absolute atomic E-state index is 12.8. The van der Waals surface area contributed by atoms with Crippen molar-refractivity contribution in [1.82, 2.24) is 16.0 Å². The fourth-order valence-corrected chi connectivity index (χ4v) is 3.07. The van der Waals surface area contributed by atoms with E-state index < -0.39 is 72.2 Å². The van der Waals surface area contributed by atoms with Gasteiger partial charge in [-0.2, -0.15) is 0 Å². The minimum atomic E-state index is -1.56. The zero-order valence-corrected chi connectivity index (χ0v) is 19.4. The van der Waals surface area contributed by atoms with Gasteiger partial charge < -0.3 is 37.6 Å². The van der Waals surface area contributed by atoms with Gasteiger partial charge in [-0.15, -0.1) is 0 Å². The molecule has 5 atom stereocenters. The Kier molecular flexibility index (Phi) is 11.1. The fraction of sp³-hybridized carbons (Fsp3) is 0.500. The lowest BCUT2D eigenvalue weighted by molar-refractivity contribution is -0.144. The van der Waals surface area contributed by atoms with E-state index in [0.717, 1.165) is 5.56 Å². The molecule has 1 rings (SSSR count). The summed E-state index contributed by atoms with van der Waals surface area (Å²) in [5.74, 6) is -5.31. The zero-order valence-electron chi connectivity index (χ0n) is 19.4. The number of aliphatic carboxylic acids is 1. The van der Waals surface area contributed by atoms with Gasteiger partial charge in [0.2, 0.25) is 23.6 Å². The molecule has 0 fully saturated rings. The number of amides is 4. The lowest BCUT2D eigenvalue weighted by Gasteiger charge is -2.27. The number of hydrogen-bond donors (Lipinski definition) is 7. The molecular weight excluding hydrogens is 446 g/mol. The standard InChI is InChI=1S/C22H33N5O7/c1-11(2)17(22(33)34)26-21(32)18(12(3)28)27-20(31)15(10-16(24)29)25-19(30)14(23)9-13-7-5-4-6-8-13/h4-8,11-12,14-15,17-18,28H,9-10,23H2,1-3H3,(H2,24,29)(H,25,30)(H,26,32)(H,27,31)(H,33,34). The van der Waals surface area contributed by atoms with Crippen LogP contribution in [0.5, 0.6) is 0 Å². The van der Waals surface area contributed by atoms with Crippen molar-refractivity contribution < 1.29 is 34.2 Å². The van der Waals surface area contributed by atoms with Crippen molar-refractivity contribution in [2.24, 2.45) is 17.4 Å². The summed E-state index contributed by atoms with van der Waals surface area (Å²) in [5.41, 5.74) is 11.9. The van der Waals surface area contributed by atoms with Crippen LogP contribution in [-0.2, 0) is 30.4 Å². The first-order valence-electron chi connectivity index (χ1n) is 10.7. The SMILES string of the molecule is CC(C)C(NC(=O)C(NC(=O)C(CC(N)=O)NC(=O)C(N)Cc1ccccc1)C(C)O)C(=O)O. The van der Waals surface area contributed by atoms with Gasteiger partial charge in [0.05, 0.1) is 18.6 Å². The van der Waals surface area contributed by atoms with Crippen LogP contribution in [-0.4, -0.2) is 70.1 Å². The topological polar surface area (TPSA) is 214 Å². The Morgan fingerprint density at radius 3 is 1.91 bits per heavy atom. The summed E-state index contributed by atoms with van der Waals surface area (Å²) in [6, 6.07) is 3.57. The number of carbonyl (C=O) groups is 5. The second-order valence-electron chi connectivity index (χ2n) is 8.32. The van der Waals surface area contributed by atoms with Gasteiger partial charge in [-0.3, -0.25) is 19.2 Å². The monoisotopic (exact) mass is 479 g/mol. The number of carbonyl (C=O) groups excluding carboxylic acids is 4. The van der Waals surface area contributed by atoms with E-state index in [4.69, 9.17) is 11.5 Å². The Labute approximate surface area is 197 Å². The second kappa shape index (κ2) is 13.3. The van der Waals surface area contributed by atoms with Crippen LogP contribution in [0.15, 0.2) is 30.3 Å². The number of benzene rings is 1. The number of nitrogens with one attached hydrogen (secondary N) is 3. The van der Waals surface area contributed by atoms with Gasteiger partial charge in [0.1, 0.15) is 18.1 Å². The summed E-state index contributed by atoms with van der Waals surface area (Å²) in [4.78, 5) is 60.7. The van der Waals surface area contributed by atoms with Gasteiger partial charge >= 0.3 is 5.97 Å². The average molecular weight is 480 g/mol. The van der Waals surface area contributed by atoms with Crippen molar-refractivity contribution >= 4 is 29.6 Å². The number of hydrogen-bond acceptors (Lipinski definition) is 7. The predicted molar refractivity (Wildman–Crippen MR) is 122 cm³/mol. The highest BCUT2D eigenvalue weighted by Crippen LogP contribution is 2.06. The Bertz CT molecular complexity index is 876. The Morgan fingerprint density at radius 1 is 0.882 bits per heavy atom. The highest BCUT2D eigenvalue weighted by molar-refractivity contribution is 5.96. The predicted octanol–water partition coefficient (Wildman–Crippen LogP) is -1.99. The van der Waals surface area contributed by atoms with Gasteiger partial charge in [0.25, 0.3) is 0 Å². The van der Waals surface area contributed by atoms with Crippen molar-refractivity contribution in [3.8, 4) is 0 Å². The van der Waals surface area contributed by atoms with E-state index in [9.17, 15) is 34.2 Å². The van der Waals surface area contributed by atoms with E-state index >= 15 is 0 Å². The Hall–Kier alpha value is -3.51. The number of aliphatic hydroxyl groups excluding tert-OH is 1. The van der Waals surface area contributed by atoms with Gasteiger partial charge in [-0.05, 0) is 24.8 Å². The van der Waals surface area contributed by atoms with E-state index in [-0.39, 0.29) is 6.42 Å². The molecule has 0 aliphatic carbocycles. The minimum absolute atomic E-state index is 0.169. The molecule has 12 heteroatoms. The molecule has 0 aromatic heterocycles. The number of nitrogens with two attached hydrogens (primary N) is 2. The summed E-state index contributed by atoms with van der Waals surface area (Å²) < 4.78 is 0. The quantitative estimate of drug-likeness (QED) is 0.168. The third-order valence-corrected chi connectivity index (χ3v) is 4.97. The molecule has 1 aromatic rings. The normalized spacial score (nSPS) is 15.4. The molecule has 12 nitrogen and oxygen atoms in total. The fourth-order valence-electron chi connectivity index (χ4n) is 3.07. The third-order valence-electron chi connectivity index (χ3n) is 4.97. The van der Waals surface area contributed by atoms with E-state index in [1.54, 1.807) is 44.2 Å². The van der Waals surface area contributed by atoms with E-state index in [2.05, 4.69) is 16.0 Å². The Morgan fingerprint density at radius 2 is 1.44 bits per heavy atom. The molecule has 4 amide bonds. The maximum atomic E-state index is 12.8. The molecule has 0 aliphatic rings. The van der Waals surface area contributed by atoms with Crippen LogP contribution in [0.3, 0.4) is 0 Å². The van der Waals surface area contributed by atoms with Crippen molar-refractivity contribution in [3.63, 3.8) is 0 Å². The summed E-state index contributed by atoms with van der Waals surface area (Å²) >= 11 is 0. The zero-order chi connectivity index (χ0) is 26.0. The molecule has 0 spiro atoms. The summed E-state index contributed by atoms with van der Waals surface area (Å²) in [6.45, 7) is 4.37. The first kappa shape index (κ1) is 28.5. The van der Waals surface area contributed by atoms with Gasteiger partial charge in [0.15, 0.2) is 0 Å². The highest BCUT2D eigenvalue weighted by atomic mass is 16.4. The highest BCUT2D eigenvalue weighted by Gasteiger charge is 2.34. The molecule has 1 aromatic carbocycles. The van der Waals surface area contributed by atoms with Crippen LogP contribution in [0, 0.1) is 5.92 Å². The van der Waals surface area contributed by atoms with Crippen LogP contribution < -0.4 is 27.4 Å². The molecular formula is C22H33N5O7. The van der Waals surface area contributed by atoms with E-state index in [1.807, 2.05) is 0 Å². The first-order chi connectivity index (χ1) is 15.8. The smallest absolute Gasteiger partial charge is 0.326 e. The van der Waals surface area contributed by atoms with Crippen LogP contribution in [0.25, 0.3) is 0 Å². The van der Waals surface area contributed by atoms with Gasteiger partial charge in [0, 0.05) is 0 Å². The molecule has 0 bridgehead atoms. The lowest BCUT2D eigenvalue weighted by Crippen LogP contribution is -2.60. The summed E-state index contributed by atoms with van der Waals surface area (Å²) in [5, 5.41) is 26.1. The third kappa shape index (κ3) is 9.16. The summed E-state index contributed by atoms with van der Waals surface area (Å²) in [6.07, 6.45) is -1.84. The number of carboxylic acid groups (broad SMARTS) is 1. The molecule has 9 N–H and O–H groups in total. The molecule has 5 unspecified atom stereocenters. The molecule has 0 heterocycles. The van der Waals surface area contributed by atoms with Crippen molar-refractivity contribution in [2.75, 3.05) is 0 Å². The van der Waals surface area contributed by atoms with Crippen molar-refractivity contribution in [3.05, 3.63) is 35.9 Å². The lowest BCUT2D eigenvalue weighted by atomic mass is 10.0. The molecule has 0 saturated carbocycles. The van der Waals surface area contributed by atoms with Gasteiger partial charge in [-0.1, -0.05) is 44.2 Å². The van der Waals surface area contributed by atoms with E-state index in [1.165, 1.54) is 6.92 Å². The van der Waals surface area contributed by atoms with Crippen LogP contribution in [0.4, 0.5) is 0 Å². The van der Waals surface area contributed by atoms with Crippen LogP contribution in [0.2, 0.25) is 0 Å². The number of aliphatic hydroxyl groups is 1. The molecule has 188 valence electrons. The molecule has 0 radical (unpaired) electrons. The van der Waals surface area contributed by atoms with Crippen molar-refractivity contribution in [2.45, 2.75) is 63.9 Å². The molecule has 34 heavy (non-hydrogen) atoms. The van der Waals surface area contributed by atoms with Gasteiger partial charge in [-0.25, -0.2) is 4.79 Å². The minimum Gasteiger partial charge on any atom is -0.480 e. The van der Waals surface area contributed by atoms with Crippen LogP contribution >= 0.6 is 0 Å². The largest absolute Gasteiger partial charge is 0.480 e. The number of rotatable bonds is 13. The summed E-state index contributed by atoms with van der Waals surface area (Å²) in [7, 11) is 0. The maximum Gasteiger partial charge on any atom is 0.326 e. The second-order valence-corrected chi connectivity index (χ2v) is 8.32.